The molecule has 2 amide bonds. The van der Waals surface area contributed by atoms with Gasteiger partial charge in [-0.05, 0) is 0 Å². The second-order valence-corrected chi connectivity index (χ2v) is 6.68. The number of urea groups is 1. The van der Waals surface area contributed by atoms with Crippen LogP contribution in [-0.4, -0.2) is 65.6 Å². The molecule has 0 aliphatic carbocycles. The third kappa shape index (κ3) is 8.71. The largest absolute Gasteiger partial charge is 0.480 e. The summed E-state index contributed by atoms with van der Waals surface area (Å²) in [5.41, 5.74) is 0. The van der Waals surface area contributed by atoms with Crippen LogP contribution in [-0.2, 0) is 13.9 Å². The molecule has 0 aromatic carbocycles. The number of hydrogen-bond donors (Lipinski definition) is 5. The molecule has 2 radical (unpaired) electrons. The van der Waals surface area contributed by atoms with E-state index in [1.807, 2.05) is 0 Å². The fourth-order valence-corrected chi connectivity index (χ4v) is 2.19. The van der Waals surface area contributed by atoms with Crippen LogP contribution in [0.25, 0.3) is 0 Å². The van der Waals surface area contributed by atoms with Crippen LogP contribution in [0.5, 0.6) is 0 Å². The molecule has 0 unspecified atom stereocenters. The first-order valence-corrected chi connectivity index (χ1v) is 8.03. The minimum atomic E-state index is -4.76. The van der Waals surface area contributed by atoms with Gasteiger partial charge in [0.15, 0.2) is 0 Å². The van der Waals surface area contributed by atoms with Gasteiger partial charge >= 0.3 is 27.2 Å². The molecule has 0 rings (SSSR count). The minimum Gasteiger partial charge on any atom is -0.480 e. The Morgan fingerprint density at radius 1 is 1.00 bits per heavy atom. The van der Waals surface area contributed by atoms with Gasteiger partial charge in [0.25, 0.3) is 0 Å². The third-order valence-corrected chi connectivity index (χ3v) is 2.92. The van der Waals surface area contributed by atoms with Gasteiger partial charge in [0.1, 0.15) is 19.1 Å². The molecule has 0 atom stereocenters. The standard InChI is InChI=1S/C6H12N2O9P2/c1-7(3-18(12,13)14)6(11)8(2-5(9)10)4-19(15,16)17/h1H,2-4H2,(H,9,10)(H2,12,13,14)(H2,15,16,17). The second-order valence-electron chi connectivity index (χ2n) is 3.46. The van der Waals surface area contributed by atoms with E-state index in [1.54, 1.807) is 0 Å². The number of amides is 2. The van der Waals surface area contributed by atoms with Gasteiger partial charge in [-0.3, -0.25) is 13.9 Å². The maximum atomic E-state index is 11.5. The summed E-state index contributed by atoms with van der Waals surface area (Å²) < 4.78 is 21.3. The molecule has 0 saturated heterocycles. The Morgan fingerprint density at radius 2 is 1.42 bits per heavy atom. The van der Waals surface area contributed by atoms with Crippen LogP contribution in [0, 0.1) is 7.05 Å². The average molecular weight is 318 g/mol. The van der Waals surface area contributed by atoms with E-state index in [9.17, 15) is 18.7 Å². The van der Waals surface area contributed by atoms with Crippen molar-refractivity contribution in [2.75, 3.05) is 19.1 Å². The molecular formula is C6H12N2O9P2. The molecule has 5 N–H and O–H groups in total. The molecule has 0 aliphatic rings. The Kier molecular flexibility index (Phi) is 6.14. The topological polar surface area (TPSA) is 176 Å². The van der Waals surface area contributed by atoms with E-state index in [-0.39, 0.29) is 9.80 Å². The van der Waals surface area contributed by atoms with Crippen LogP contribution in [0.2, 0.25) is 0 Å². The fourth-order valence-electron chi connectivity index (χ4n) is 1.00. The Balaban J connectivity index is 4.94. The Labute approximate surface area is 107 Å². The average Bonchev–Trinajstić information content (AvgIpc) is 2.09. The summed E-state index contributed by atoms with van der Waals surface area (Å²) in [6, 6.07) is -1.44. The highest BCUT2D eigenvalue weighted by Crippen LogP contribution is 2.37. The predicted molar refractivity (Wildman–Crippen MR) is 59.7 cm³/mol. The molecule has 0 fully saturated rings. The summed E-state index contributed by atoms with van der Waals surface area (Å²) in [6.45, 7) is -1.08. The van der Waals surface area contributed by atoms with E-state index in [0.717, 1.165) is 0 Å². The molecule has 0 aliphatic heterocycles. The van der Waals surface area contributed by atoms with Crippen LogP contribution in [0.3, 0.4) is 0 Å². The lowest BCUT2D eigenvalue weighted by Crippen LogP contribution is -2.43. The number of hydrogen-bond acceptors (Lipinski definition) is 4. The van der Waals surface area contributed by atoms with Crippen LogP contribution < -0.4 is 0 Å². The highest BCUT2D eigenvalue weighted by Gasteiger charge is 2.30. The number of carboxylic acid groups (broad SMARTS) is 1. The SMILES string of the molecule is [CH]N(CP(=O)(O)O)C(=O)N(CC(=O)O)CP(=O)(O)O. The molecule has 19 heavy (non-hydrogen) atoms. The third-order valence-electron chi connectivity index (χ3n) is 1.53. The quantitative estimate of drug-likeness (QED) is 0.295. The van der Waals surface area contributed by atoms with Crippen molar-refractivity contribution in [3.63, 3.8) is 0 Å². The van der Waals surface area contributed by atoms with Crippen molar-refractivity contribution in [2.45, 2.75) is 0 Å². The predicted octanol–water partition coefficient (Wildman–Crippen LogP) is -1.27. The lowest BCUT2D eigenvalue weighted by Gasteiger charge is -2.26. The molecule has 0 aromatic rings. The fraction of sp³-hybridized carbons (Fsp3) is 0.500. The lowest BCUT2D eigenvalue weighted by atomic mass is 10.6. The molecule has 11 nitrogen and oxygen atoms in total. The van der Waals surface area contributed by atoms with Crippen molar-refractivity contribution in [3.05, 3.63) is 7.05 Å². The van der Waals surface area contributed by atoms with E-state index in [0.29, 0.717) is 0 Å². The zero-order valence-electron chi connectivity index (χ0n) is 9.36. The van der Waals surface area contributed by atoms with Gasteiger partial charge in [0.05, 0.1) is 7.05 Å². The summed E-state index contributed by atoms with van der Waals surface area (Å²) in [5, 5.41) is 8.48. The van der Waals surface area contributed by atoms with E-state index >= 15 is 0 Å². The first-order chi connectivity index (χ1) is 8.32. The molecule has 0 spiro atoms. The zero-order chi connectivity index (χ0) is 15.4. The van der Waals surface area contributed by atoms with Crippen LogP contribution in [0.15, 0.2) is 0 Å². The molecule has 13 heteroatoms. The van der Waals surface area contributed by atoms with Crippen LogP contribution in [0.4, 0.5) is 4.79 Å². The normalized spacial score (nSPS) is 12.1. The van der Waals surface area contributed by atoms with Gasteiger partial charge in [-0.2, -0.15) is 0 Å². The monoisotopic (exact) mass is 318 g/mol. The molecule has 0 heterocycles. The van der Waals surface area contributed by atoms with Crippen molar-refractivity contribution in [1.29, 1.82) is 0 Å². The van der Waals surface area contributed by atoms with Gasteiger partial charge in [-0.15, -0.1) is 0 Å². The summed E-state index contributed by atoms with van der Waals surface area (Å²) in [5.74, 6) is -1.58. The maximum absolute atomic E-state index is 11.5. The smallest absolute Gasteiger partial charge is 0.344 e. The minimum absolute atomic E-state index is 0.0145. The lowest BCUT2D eigenvalue weighted by molar-refractivity contribution is -0.137. The number of carbonyl (C=O) groups is 2. The highest BCUT2D eigenvalue weighted by molar-refractivity contribution is 7.52. The van der Waals surface area contributed by atoms with Crippen LogP contribution in [0.1, 0.15) is 0 Å². The highest BCUT2D eigenvalue weighted by atomic mass is 31.2. The van der Waals surface area contributed by atoms with E-state index in [1.165, 1.54) is 0 Å². The first-order valence-electron chi connectivity index (χ1n) is 4.44. The van der Waals surface area contributed by atoms with Gasteiger partial charge in [-0.1, -0.05) is 0 Å². The number of carboxylic acids is 1. The number of rotatable bonds is 6. The molecular weight excluding hydrogens is 306 g/mol. The number of aliphatic carboxylic acids is 1. The van der Waals surface area contributed by atoms with Gasteiger partial charge in [0, 0.05) is 0 Å². The summed E-state index contributed by atoms with van der Waals surface area (Å²) in [6.07, 6.45) is -2.46. The second kappa shape index (κ2) is 6.47. The van der Waals surface area contributed by atoms with Gasteiger partial charge in [0.2, 0.25) is 0 Å². The number of nitrogens with zero attached hydrogens (tertiary/aromatic N) is 2. The summed E-state index contributed by atoms with van der Waals surface area (Å²) >= 11 is 0. The summed E-state index contributed by atoms with van der Waals surface area (Å²) in [7, 11) is -4.44. The first kappa shape index (κ1) is 18.0. The number of carbonyl (C=O) groups excluding carboxylic acids is 1. The molecule has 110 valence electrons. The van der Waals surface area contributed by atoms with E-state index in [4.69, 9.17) is 31.7 Å². The summed E-state index contributed by atoms with van der Waals surface area (Å²) in [4.78, 5) is 56.6. The Bertz CT molecular complexity index is 440. The van der Waals surface area contributed by atoms with Crippen molar-refractivity contribution in [3.8, 4) is 0 Å². The van der Waals surface area contributed by atoms with Crippen molar-refractivity contribution in [1.82, 2.24) is 9.80 Å². The van der Waals surface area contributed by atoms with Gasteiger partial charge < -0.3 is 34.5 Å². The van der Waals surface area contributed by atoms with Crippen LogP contribution >= 0.6 is 15.2 Å². The van der Waals surface area contributed by atoms with E-state index in [2.05, 4.69) is 0 Å². The Morgan fingerprint density at radius 3 is 1.74 bits per heavy atom. The van der Waals surface area contributed by atoms with Crippen molar-refractivity contribution < 1.29 is 43.4 Å². The molecule has 0 saturated carbocycles. The van der Waals surface area contributed by atoms with Gasteiger partial charge in [-0.25, -0.2) is 4.79 Å². The Hall–Kier alpha value is -0.960. The zero-order valence-corrected chi connectivity index (χ0v) is 11.1. The van der Waals surface area contributed by atoms with Crippen molar-refractivity contribution >= 4 is 27.2 Å². The maximum Gasteiger partial charge on any atom is 0.344 e. The van der Waals surface area contributed by atoms with Crippen molar-refractivity contribution in [2.24, 2.45) is 0 Å². The van der Waals surface area contributed by atoms with E-state index < -0.39 is 46.3 Å². The molecule has 0 aromatic heterocycles. The molecule has 0 bridgehead atoms.